The van der Waals surface area contributed by atoms with Crippen LogP contribution in [-0.2, 0) is 4.74 Å². The van der Waals surface area contributed by atoms with Crippen molar-refractivity contribution in [1.29, 1.82) is 0 Å². The van der Waals surface area contributed by atoms with Crippen LogP contribution in [0.15, 0.2) is 72.8 Å². The number of halogens is 1. The predicted octanol–water partition coefficient (Wildman–Crippen LogP) is 7.76. The maximum absolute atomic E-state index is 12.9. The van der Waals surface area contributed by atoms with E-state index in [-0.39, 0.29) is 18.0 Å². The Hall–Kier alpha value is -3.31. The molecule has 2 atom stereocenters. The summed E-state index contributed by atoms with van der Waals surface area (Å²) in [5, 5.41) is 3.66. The summed E-state index contributed by atoms with van der Waals surface area (Å²) in [6.07, 6.45) is 3.10. The van der Waals surface area contributed by atoms with E-state index in [2.05, 4.69) is 5.32 Å². The van der Waals surface area contributed by atoms with Gasteiger partial charge in [-0.1, -0.05) is 54.1 Å². The Balaban J connectivity index is 1.20. The number of nitrogens with one attached hydrogen (secondary N) is 1. The van der Waals surface area contributed by atoms with Crippen LogP contribution in [0.5, 0.6) is 0 Å². The molecule has 2 amide bonds. The van der Waals surface area contributed by atoms with E-state index in [1.807, 2.05) is 98.5 Å². The first-order valence-corrected chi connectivity index (χ1v) is 13.3. The van der Waals surface area contributed by atoms with Gasteiger partial charge >= 0.3 is 6.09 Å². The minimum absolute atomic E-state index is 0.164. The zero-order valence-corrected chi connectivity index (χ0v) is 22.3. The molecule has 0 heterocycles. The lowest BCUT2D eigenvalue weighted by Gasteiger charge is -2.28. The maximum atomic E-state index is 12.9. The molecule has 37 heavy (non-hydrogen) atoms. The molecule has 6 heteroatoms. The van der Waals surface area contributed by atoms with Crippen molar-refractivity contribution in [3.63, 3.8) is 0 Å². The van der Waals surface area contributed by atoms with Gasteiger partial charge in [0.2, 0.25) is 0 Å². The highest BCUT2D eigenvalue weighted by Crippen LogP contribution is 2.47. The van der Waals surface area contributed by atoms with Gasteiger partial charge in [0.25, 0.3) is 5.91 Å². The average Bonchev–Trinajstić information content (AvgIpc) is 3.78. The quantitative estimate of drug-likeness (QED) is 0.349. The van der Waals surface area contributed by atoms with Gasteiger partial charge in [-0.2, -0.15) is 0 Å². The van der Waals surface area contributed by atoms with Gasteiger partial charge in [-0.05, 0) is 87.4 Å². The van der Waals surface area contributed by atoms with Gasteiger partial charge in [-0.25, -0.2) is 4.79 Å². The van der Waals surface area contributed by atoms with Crippen LogP contribution in [-0.4, -0.2) is 35.1 Å². The second kappa shape index (κ2) is 10.2. The van der Waals surface area contributed by atoms with Crippen LogP contribution in [0.3, 0.4) is 0 Å². The SMILES string of the molecule is CC(C)(C)OC(=O)N(CC1CC1)[C@@H]1C[C@H]1c1ccc(NC(=O)c2ccc(-c3ccccc3Cl)cc2)cc1. The summed E-state index contributed by atoms with van der Waals surface area (Å²) in [5.74, 6) is 0.738. The third-order valence-corrected chi connectivity index (χ3v) is 7.20. The van der Waals surface area contributed by atoms with Gasteiger partial charge in [-0.15, -0.1) is 0 Å². The fraction of sp³-hybridized carbons (Fsp3) is 0.355. The average molecular weight is 517 g/mol. The molecule has 0 aliphatic heterocycles. The number of amides is 2. The van der Waals surface area contributed by atoms with Crippen LogP contribution >= 0.6 is 11.6 Å². The van der Waals surface area contributed by atoms with Crippen molar-refractivity contribution >= 4 is 29.3 Å². The number of nitrogens with zero attached hydrogens (tertiary/aromatic N) is 1. The molecule has 1 N–H and O–H groups in total. The highest BCUT2D eigenvalue weighted by Gasteiger charge is 2.47. The first-order chi connectivity index (χ1) is 17.7. The molecule has 0 bridgehead atoms. The van der Waals surface area contributed by atoms with E-state index in [4.69, 9.17) is 16.3 Å². The molecule has 2 aliphatic carbocycles. The maximum Gasteiger partial charge on any atom is 0.410 e. The van der Waals surface area contributed by atoms with Crippen molar-refractivity contribution in [2.24, 2.45) is 5.92 Å². The zero-order chi connectivity index (χ0) is 26.2. The third-order valence-electron chi connectivity index (χ3n) is 6.87. The topological polar surface area (TPSA) is 58.6 Å². The summed E-state index contributed by atoms with van der Waals surface area (Å²) in [7, 11) is 0. The Labute approximate surface area is 223 Å². The summed E-state index contributed by atoms with van der Waals surface area (Å²) in [6.45, 7) is 6.50. The molecular weight excluding hydrogens is 484 g/mol. The standard InChI is InChI=1S/C31H33ClN2O3/c1-31(2,3)37-30(36)34(19-20-8-9-20)28-18-26(28)22-14-16-24(17-15-22)33-29(35)23-12-10-21(11-13-23)25-6-4-5-7-27(25)32/h4-7,10-17,20,26,28H,8-9,18-19H2,1-3H3,(H,33,35)/t26-,28+/m0/s1. The Morgan fingerprint density at radius 2 is 1.65 bits per heavy atom. The molecule has 0 aromatic heterocycles. The van der Waals surface area contributed by atoms with E-state index in [9.17, 15) is 9.59 Å². The molecule has 2 saturated carbocycles. The van der Waals surface area contributed by atoms with Crippen molar-refractivity contribution < 1.29 is 14.3 Å². The van der Waals surface area contributed by atoms with Crippen LogP contribution in [0, 0.1) is 5.92 Å². The number of hydrogen-bond donors (Lipinski definition) is 1. The Morgan fingerprint density at radius 3 is 2.27 bits per heavy atom. The highest BCUT2D eigenvalue weighted by molar-refractivity contribution is 6.33. The predicted molar refractivity (Wildman–Crippen MR) is 148 cm³/mol. The van der Waals surface area contributed by atoms with E-state index < -0.39 is 5.60 Å². The molecule has 0 unspecified atom stereocenters. The van der Waals surface area contributed by atoms with E-state index in [1.54, 1.807) is 0 Å². The number of anilines is 1. The largest absolute Gasteiger partial charge is 0.444 e. The van der Waals surface area contributed by atoms with E-state index in [1.165, 1.54) is 18.4 Å². The Kier molecular flexibility index (Phi) is 7.00. The van der Waals surface area contributed by atoms with Gasteiger partial charge in [0.1, 0.15) is 5.60 Å². The van der Waals surface area contributed by atoms with Gasteiger partial charge < -0.3 is 15.0 Å². The van der Waals surface area contributed by atoms with E-state index in [0.717, 1.165) is 29.8 Å². The summed E-state index contributed by atoms with van der Waals surface area (Å²) in [4.78, 5) is 27.6. The monoisotopic (exact) mass is 516 g/mol. The lowest BCUT2D eigenvalue weighted by atomic mass is 10.0. The van der Waals surface area contributed by atoms with Crippen LogP contribution in [0.25, 0.3) is 11.1 Å². The van der Waals surface area contributed by atoms with Crippen LogP contribution in [0.4, 0.5) is 10.5 Å². The zero-order valence-electron chi connectivity index (χ0n) is 21.5. The smallest absolute Gasteiger partial charge is 0.410 e. The number of rotatable bonds is 7. The van der Waals surface area contributed by atoms with Crippen molar-refractivity contribution in [2.45, 2.75) is 57.6 Å². The van der Waals surface area contributed by atoms with Gasteiger partial charge in [-0.3, -0.25) is 4.79 Å². The molecule has 0 spiro atoms. The first-order valence-electron chi connectivity index (χ1n) is 12.9. The number of carbonyl (C=O) groups excluding carboxylic acids is 2. The molecule has 5 nitrogen and oxygen atoms in total. The highest BCUT2D eigenvalue weighted by atomic mass is 35.5. The number of benzene rings is 3. The Bertz CT molecular complexity index is 1280. The fourth-order valence-corrected chi connectivity index (χ4v) is 4.89. The van der Waals surface area contributed by atoms with Gasteiger partial charge in [0.05, 0.1) is 0 Å². The molecule has 2 aliphatic rings. The fourth-order valence-electron chi connectivity index (χ4n) is 4.64. The summed E-state index contributed by atoms with van der Waals surface area (Å²) in [5.41, 5.74) is 3.90. The van der Waals surface area contributed by atoms with Crippen molar-refractivity contribution in [3.8, 4) is 11.1 Å². The molecule has 2 fully saturated rings. The molecule has 3 aromatic rings. The normalized spacial score (nSPS) is 18.7. The second-order valence-electron chi connectivity index (χ2n) is 11.1. The number of ether oxygens (including phenoxy) is 1. The molecule has 5 rings (SSSR count). The summed E-state index contributed by atoms with van der Waals surface area (Å²) < 4.78 is 5.69. The minimum atomic E-state index is -0.502. The lowest BCUT2D eigenvalue weighted by Crippen LogP contribution is -2.40. The second-order valence-corrected chi connectivity index (χ2v) is 11.5. The van der Waals surface area contributed by atoms with Crippen molar-refractivity contribution in [2.75, 3.05) is 11.9 Å². The third kappa shape index (κ3) is 6.34. The van der Waals surface area contributed by atoms with Crippen molar-refractivity contribution in [1.82, 2.24) is 4.90 Å². The number of carbonyl (C=O) groups is 2. The lowest BCUT2D eigenvalue weighted by molar-refractivity contribution is 0.0220. The van der Waals surface area contributed by atoms with E-state index in [0.29, 0.717) is 22.4 Å². The van der Waals surface area contributed by atoms with Crippen LogP contribution < -0.4 is 5.32 Å². The van der Waals surface area contributed by atoms with Gasteiger partial charge in [0.15, 0.2) is 0 Å². The van der Waals surface area contributed by atoms with Gasteiger partial charge in [0, 0.05) is 40.3 Å². The van der Waals surface area contributed by atoms with Crippen molar-refractivity contribution in [3.05, 3.63) is 88.9 Å². The van der Waals surface area contributed by atoms with E-state index >= 15 is 0 Å². The molecule has 192 valence electrons. The molecule has 0 radical (unpaired) electrons. The first kappa shape index (κ1) is 25.3. The molecular formula is C31H33ClN2O3. The van der Waals surface area contributed by atoms with Crippen LogP contribution in [0.2, 0.25) is 5.02 Å². The molecule has 3 aromatic carbocycles. The number of hydrogen-bond acceptors (Lipinski definition) is 3. The minimum Gasteiger partial charge on any atom is -0.444 e. The Morgan fingerprint density at radius 1 is 0.973 bits per heavy atom. The summed E-state index contributed by atoms with van der Waals surface area (Å²) in [6, 6.07) is 23.2. The summed E-state index contributed by atoms with van der Waals surface area (Å²) >= 11 is 6.29. The van der Waals surface area contributed by atoms with Crippen LogP contribution in [0.1, 0.15) is 61.9 Å². The molecule has 0 saturated heterocycles.